The first-order valence-electron chi connectivity index (χ1n) is 20.2. The second-order valence-corrected chi connectivity index (χ2v) is 20.1. The Morgan fingerprint density at radius 2 is 1.62 bits per heavy atom. The molecule has 1 saturated carbocycles. The Labute approximate surface area is 366 Å². The number of rotatable bonds is 13. The summed E-state index contributed by atoms with van der Waals surface area (Å²) in [5, 5.41) is 6.47. The van der Waals surface area contributed by atoms with E-state index in [1.54, 1.807) is 63.2 Å². The Kier molecular flexibility index (Phi) is 12.3. The first kappa shape index (κ1) is 45.3. The maximum atomic E-state index is 15.2. The number of halogens is 5. The molecule has 1 fully saturated rings. The van der Waals surface area contributed by atoms with Crippen molar-refractivity contribution in [1.82, 2.24) is 24.6 Å². The van der Waals surface area contributed by atoms with E-state index in [4.69, 9.17) is 26.1 Å². The zero-order valence-corrected chi connectivity index (χ0v) is 37.3. The topological polar surface area (TPSA) is 138 Å². The molecule has 1 aliphatic rings. The second kappa shape index (κ2) is 17.1. The number of fused-ring (bicyclic) bond motifs is 2. The van der Waals surface area contributed by atoms with Crippen molar-refractivity contribution in [3.8, 4) is 11.4 Å². The largest absolute Gasteiger partial charge is 0.497 e. The SMILES string of the molecule is COc1ccc(CN(c2nn(CC(F)F)c3c(-n4c([C@H](Cc5cc(F)cc(F)c5)NC(=O)OC(C)(C)C)nc5cc(C(C)(C)C)ccc5c4=O)ccc(Cl)c23)S(=O)(=O)C2CC2)cc1. The Morgan fingerprint density at radius 1 is 0.952 bits per heavy atom. The number of hydrogen-bond donors (Lipinski definition) is 1. The van der Waals surface area contributed by atoms with E-state index in [2.05, 4.69) is 10.4 Å². The molecule has 0 spiro atoms. The molecule has 12 nitrogen and oxygen atoms in total. The van der Waals surface area contributed by atoms with Gasteiger partial charge in [-0.1, -0.05) is 50.6 Å². The molecule has 1 N–H and O–H groups in total. The number of hydrogen-bond acceptors (Lipinski definition) is 8. The zero-order valence-electron chi connectivity index (χ0n) is 35.7. The zero-order chi connectivity index (χ0) is 45.8. The minimum absolute atomic E-state index is 0.0579. The first-order valence-corrected chi connectivity index (χ1v) is 22.1. The number of anilines is 1. The fourth-order valence-corrected chi connectivity index (χ4v) is 9.37. The minimum Gasteiger partial charge on any atom is -0.497 e. The Hall–Kier alpha value is -5.68. The fraction of sp³-hybridized carbons (Fsp3) is 0.378. The van der Waals surface area contributed by atoms with Crippen molar-refractivity contribution in [2.45, 2.75) is 103 Å². The average molecular weight is 911 g/mol. The number of amides is 1. The van der Waals surface area contributed by atoms with Crippen LogP contribution in [0.25, 0.3) is 27.5 Å². The average Bonchev–Trinajstić information content (AvgIpc) is 3.98. The molecule has 0 aliphatic heterocycles. The van der Waals surface area contributed by atoms with E-state index in [9.17, 15) is 30.8 Å². The molecule has 6 aromatic rings. The standard InChI is InChI=1S/C45H47ClF4N6O6S/c1-44(2,3)27-10-15-32-34(21-27)51-40(35(52-43(58)62-45(4,5)6)20-26-18-28(47)22-29(48)19-26)56(42(32)57)36-17-16-33(46)38-39(36)54(24-37(49)50)53-41(38)55(63(59,60)31-13-14-31)23-25-8-11-30(61-7)12-9-25/h8-12,15-19,21-22,31,35,37H,13-14,20,23-24H2,1-7H3,(H,52,58)/t35-/m0/s1. The predicted molar refractivity (Wildman–Crippen MR) is 234 cm³/mol. The molecule has 1 aliphatic carbocycles. The Morgan fingerprint density at radius 3 is 2.21 bits per heavy atom. The summed E-state index contributed by atoms with van der Waals surface area (Å²) in [4.78, 5) is 33.8. The third kappa shape index (κ3) is 9.78. The van der Waals surface area contributed by atoms with Gasteiger partial charge in [0.1, 0.15) is 35.4 Å². The van der Waals surface area contributed by atoms with Gasteiger partial charge >= 0.3 is 6.09 Å². The molecular weight excluding hydrogens is 864 g/mol. The van der Waals surface area contributed by atoms with Crippen LogP contribution < -0.4 is 19.9 Å². The number of alkyl halides is 2. The molecule has 0 unspecified atom stereocenters. The van der Waals surface area contributed by atoms with E-state index in [0.29, 0.717) is 30.2 Å². The fourth-order valence-electron chi connectivity index (χ4n) is 7.35. The molecule has 2 heterocycles. The molecule has 4 aromatic carbocycles. The van der Waals surface area contributed by atoms with Gasteiger partial charge in [0.2, 0.25) is 10.0 Å². The third-order valence-electron chi connectivity index (χ3n) is 10.5. The molecule has 2 aromatic heterocycles. The number of aromatic nitrogens is 4. The number of nitrogens with zero attached hydrogens (tertiary/aromatic N) is 5. The minimum atomic E-state index is -4.16. The summed E-state index contributed by atoms with van der Waals surface area (Å²) in [6.45, 7) is 9.50. The highest BCUT2D eigenvalue weighted by atomic mass is 35.5. The van der Waals surface area contributed by atoms with Crippen LogP contribution in [0, 0.1) is 11.6 Å². The van der Waals surface area contributed by atoms with E-state index in [-0.39, 0.29) is 62.7 Å². The summed E-state index contributed by atoms with van der Waals surface area (Å²) >= 11 is 6.94. The summed E-state index contributed by atoms with van der Waals surface area (Å²) in [6.07, 6.45) is -3.57. The van der Waals surface area contributed by atoms with E-state index in [1.165, 1.54) is 19.2 Å². The molecule has 0 radical (unpaired) electrons. The van der Waals surface area contributed by atoms with Crippen LogP contribution in [0.1, 0.15) is 82.9 Å². The van der Waals surface area contributed by atoms with E-state index in [0.717, 1.165) is 31.3 Å². The Bertz CT molecular complexity index is 2870. The lowest BCUT2D eigenvalue weighted by Crippen LogP contribution is -2.39. The van der Waals surface area contributed by atoms with Crippen LogP contribution in [-0.2, 0) is 39.7 Å². The van der Waals surface area contributed by atoms with Crippen LogP contribution in [0.3, 0.4) is 0 Å². The molecule has 0 bridgehead atoms. The summed E-state index contributed by atoms with van der Waals surface area (Å²) in [6, 6.07) is 15.9. The Balaban J connectivity index is 1.55. The number of benzene rings is 4. The molecule has 1 amide bonds. The lowest BCUT2D eigenvalue weighted by atomic mass is 9.86. The van der Waals surface area contributed by atoms with Crippen LogP contribution in [0.2, 0.25) is 5.02 Å². The number of nitrogens with one attached hydrogen (secondary N) is 1. The number of ether oxygens (including phenoxy) is 2. The van der Waals surface area contributed by atoms with E-state index >= 15 is 4.79 Å². The predicted octanol–water partition coefficient (Wildman–Crippen LogP) is 9.55. The van der Waals surface area contributed by atoms with Crippen LogP contribution in [-0.4, -0.2) is 58.2 Å². The summed E-state index contributed by atoms with van der Waals surface area (Å²) in [5.74, 6) is -1.70. The number of sulfonamides is 1. The van der Waals surface area contributed by atoms with Gasteiger partial charge in [0, 0.05) is 12.5 Å². The number of carbonyl (C=O) groups excluding carboxylic acids is 1. The van der Waals surface area contributed by atoms with Gasteiger partial charge in [-0.15, -0.1) is 0 Å². The van der Waals surface area contributed by atoms with E-state index < -0.39 is 68.6 Å². The van der Waals surface area contributed by atoms with Crippen molar-refractivity contribution in [3.63, 3.8) is 0 Å². The normalized spacial score (nSPS) is 14.0. The molecule has 1 atom stereocenters. The van der Waals surface area contributed by atoms with Crippen molar-refractivity contribution in [1.29, 1.82) is 0 Å². The van der Waals surface area contributed by atoms with Gasteiger partial charge < -0.3 is 14.8 Å². The van der Waals surface area contributed by atoms with Crippen molar-refractivity contribution < 1.29 is 40.2 Å². The number of alkyl carbamates (subject to hydrolysis) is 1. The van der Waals surface area contributed by atoms with Crippen molar-refractivity contribution >= 4 is 55.3 Å². The van der Waals surface area contributed by atoms with Crippen molar-refractivity contribution in [2.75, 3.05) is 11.4 Å². The molecule has 7 rings (SSSR count). The van der Waals surface area contributed by atoms with Crippen LogP contribution >= 0.6 is 11.6 Å². The highest BCUT2D eigenvalue weighted by Gasteiger charge is 2.42. The second-order valence-electron chi connectivity index (χ2n) is 17.6. The van der Waals surface area contributed by atoms with Gasteiger partial charge in [-0.05, 0) is 104 Å². The quantitative estimate of drug-likeness (QED) is 0.113. The van der Waals surface area contributed by atoms with Gasteiger partial charge in [0.05, 0.1) is 57.5 Å². The lowest BCUT2D eigenvalue weighted by molar-refractivity contribution is 0.0500. The molecule has 18 heteroatoms. The molecule has 63 heavy (non-hydrogen) atoms. The highest BCUT2D eigenvalue weighted by Crippen LogP contribution is 2.42. The lowest BCUT2D eigenvalue weighted by Gasteiger charge is -2.26. The third-order valence-corrected chi connectivity index (χ3v) is 13.0. The van der Waals surface area contributed by atoms with Gasteiger partial charge in [-0.2, -0.15) is 5.10 Å². The van der Waals surface area contributed by atoms with Crippen LogP contribution in [0.5, 0.6) is 5.75 Å². The number of carbonyl (C=O) groups is 1. The van der Waals surface area contributed by atoms with E-state index in [1.807, 2.05) is 20.8 Å². The smallest absolute Gasteiger partial charge is 0.408 e. The van der Waals surface area contributed by atoms with Crippen LogP contribution in [0.15, 0.2) is 77.6 Å². The van der Waals surface area contributed by atoms with Gasteiger partial charge in [0.25, 0.3) is 12.0 Å². The van der Waals surface area contributed by atoms with Gasteiger partial charge in [0.15, 0.2) is 5.82 Å². The van der Waals surface area contributed by atoms with Crippen LogP contribution in [0.4, 0.5) is 28.2 Å². The van der Waals surface area contributed by atoms with Gasteiger partial charge in [-0.3, -0.25) is 14.0 Å². The summed E-state index contributed by atoms with van der Waals surface area (Å²) < 4.78 is 101. The molecule has 0 saturated heterocycles. The maximum absolute atomic E-state index is 15.2. The van der Waals surface area contributed by atoms with Crippen molar-refractivity contribution in [3.05, 3.63) is 122 Å². The highest BCUT2D eigenvalue weighted by molar-refractivity contribution is 7.93. The van der Waals surface area contributed by atoms with Gasteiger partial charge in [-0.25, -0.2) is 40.1 Å². The first-order chi connectivity index (χ1) is 29.5. The maximum Gasteiger partial charge on any atom is 0.408 e. The number of methoxy groups -OCH3 is 1. The monoisotopic (exact) mass is 910 g/mol. The summed E-state index contributed by atoms with van der Waals surface area (Å²) in [5.41, 5.74) is -0.764. The molecule has 334 valence electrons. The molecular formula is C45H47ClF4N6O6S. The van der Waals surface area contributed by atoms with Crippen molar-refractivity contribution in [2.24, 2.45) is 0 Å². The summed E-state index contributed by atoms with van der Waals surface area (Å²) in [7, 11) is -2.68.